The topological polar surface area (TPSA) is 39.8 Å². The van der Waals surface area contributed by atoms with E-state index >= 15 is 0 Å². The van der Waals surface area contributed by atoms with Gasteiger partial charge in [-0.25, -0.2) is 0 Å². The Hall–Kier alpha value is -0.200. The SMILES string of the molecule is CNC1CCCN(C2CCC(C3CCN(C4CCOCC4)CC3NC)C2)C1. The van der Waals surface area contributed by atoms with Crippen molar-refractivity contribution >= 4 is 0 Å². The van der Waals surface area contributed by atoms with Crippen molar-refractivity contribution in [1.82, 2.24) is 20.4 Å². The smallest absolute Gasteiger partial charge is 0.0480 e. The molecule has 1 saturated carbocycles. The second-order valence-corrected chi connectivity index (χ2v) is 9.54. The third-order valence-corrected chi connectivity index (χ3v) is 8.20. The monoisotopic (exact) mass is 378 g/mol. The Labute approximate surface area is 166 Å². The van der Waals surface area contributed by atoms with Gasteiger partial charge in [-0.1, -0.05) is 0 Å². The molecule has 156 valence electrons. The number of likely N-dealkylation sites (N-methyl/N-ethyl adjacent to an activating group) is 2. The summed E-state index contributed by atoms with van der Waals surface area (Å²) in [6.07, 6.45) is 10.9. The lowest BCUT2D eigenvalue weighted by atomic mass is 9.79. The van der Waals surface area contributed by atoms with E-state index in [0.717, 1.165) is 37.1 Å². The molecule has 2 N–H and O–H groups in total. The molecule has 0 aromatic heterocycles. The van der Waals surface area contributed by atoms with Gasteiger partial charge in [0, 0.05) is 50.5 Å². The lowest BCUT2D eigenvalue weighted by molar-refractivity contribution is 0.00632. The Kier molecular flexibility index (Phi) is 7.09. The molecule has 4 aliphatic rings. The zero-order valence-corrected chi connectivity index (χ0v) is 17.7. The number of hydrogen-bond acceptors (Lipinski definition) is 5. The first-order valence-electron chi connectivity index (χ1n) is 11.7. The molecule has 5 heteroatoms. The van der Waals surface area contributed by atoms with Crippen LogP contribution in [0.25, 0.3) is 0 Å². The zero-order valence-electron chi connectivity index (χ0n) is 17.7. The maximum atomic E-state index is 5.58. The summed E-state index contributed by atoms with van der Waals surface area (Å²) in [4.78, 5) is 5.59. The van der Waals surface area contributed by atoms with Gasteiger partial charge in [0.15, 0.2) is 0 Å². The van der Waals surface area contributed by atoms with Crippen LogP contribution in [-0.4, -0.2) is 87.5 Å². The Bertz CT molecular complexity index is 456. The second-order valence-electron chi connectivity index (χ2n) is 9.54. The fourth-order valence-corrected chi connectivity index (χ4v) is 6.53. The van der Waals surface area contributed by atoms with Crippen molar-refractivity contribution < 1.29 is 4.74 Å². The van der Waals surface area contributed by atoms with E-state index < -0.39 is 0 Å². The minimum atomic E-state index is 0.678. The molecule has 3 aliphatic heterocycles. The lowest BCUT2D eigenvalue weighted by Gasteiger charge is -2.45. The maximum absolute atomic E-state index is 5.58. The summed E-state index contributed by atoms with van der Waals surface area (Å²) in [5.74, 6) is 1.81. The minimum Gasteiger partial charge on any atom is -0.381 e. The fraction of sp³-hybridized carbons (Fsp3) is 1.00. The predicted octanol–water partition coefficient (Wildman–Crippen LogP) is 1.93. The number of ether oxygens (including phenoxy) is 1. The summed E-state index contributed by atoms with van der Waals surface area (Å²) in [5, 5.41) is 7.23. The lowest BCUT2D eigenvalue weighted by Crippen LogP contribution is -2.55. The first kappa shape index (κ1) is 20.1. The van der Waals surface area contributed by atoms with Crippen molar-refractivity contribution in [2.45, 2.75) is 75.5 Å². The van der Waals surface area contributed by atoms with Gasteiger partial charge in [0.1, 0.15) is 0 Å². The van der Waals surface area contributed by atoms with Crippen LogP contribution in [0, 0.1) is 11.8 Å². The second kappa shape index (κ2) is 9.53. The number of piperidine rings is 2. The van der Waals surface area contributed by atoms with E-state index in [1.807, 2.05) is 0 Å². The Balaban J connectivity index is 1.31. The van der Waals surface area contributed by atoms with E-state index in [0.29, 0.717) is 12.1 Å². The molecule has 3 saturated heterocycles. The molecule has 0 amide bonds. The molecule has 0 aromatic rings. The molecule has 5 atom stereocenters. The molecule has 3 heterocycles. The highest BCUT2D eigenvalue weighted by Crippen LogP contribution is 2.40. The summed E-state index contributed by atoms with van der Waals surface area (Å²) in [7, 11) is 4.33. The molecule has 27 heavy (non-hydrogen) atoms. The summed E-state index contributed by atoms with van der Waals surface area (Å²) in [5.41, 5.74) is 0. The van der Waals surface area contributed by atoms with Gasteiger partial charge in [-0.2, -0.15) is 0 Å². The molecule has 1 aliphatic carbocycles. The van der Waals surface area contributed by atoms with Crippen molar-refractivity contribution in [2.24, 2.45) is 11.8 Å². The fourth-order valence-electron chi connectivity index (χ4n) is 6.53. The van der Waals surface area contributed by atoms with Crippen LogP contribution in [0.2, 0.25) is 0 Å². The third kappa shape index (κ3) is 4.69. The van der Waals surface area contributed by atoms with Crippen LogP contribution in [0.3, 0.4) is 0 Å². The van der Waals surface area contributed by atoms with Crippen molar-refractivity contribution in [3.8, 4) is 0 Å². The van der Waals surface area contributed by atoms with Crippen LogP contribution < -0.4 is 10.6 Å². The summed E-state index contributed by atoms with van der Waals surface area (Å²) in [6.45, 7) is 7.07. The summed E-state index contributed by atoms with van der Waals surface area (Å²) >= 11 is 0. The molecule has 0 bridgehead atoms. The Morgan fingerprint density at radius 2 is 1.59 bits per heavy atom. The molecule has 0 spiro atoms. The summed E-state index contributed by atoms with van der Waals surface area (Å²) in [6, 6.07) is 3.00. The Morgan fingerprint density at radius 1 is 0.778 bits per heavy atom. The van der Waals surface area contributed by atoms with Crippen molar-refractivity contribution in [3.05, 3.63) is 0 Å². The average Bonchev–Trinajstić information content (AvgIpc) is 3.24. The van der Waals surface area contributed by atoms with Gasteiger partial charge in [0.25, 0.3) is 0 Å². The number of nitrogens with one attached hydrogen (secondary N) is 2. The van der Waals surface area contributed by atoms with Crippen LogP contribution in [0.1, 0.15) is 51.4 Å². The standard InChI is InChI=1S/C22H42N4O/c1-23-18-4-3-10-25(15-18)20-6-5-17(14-20)21-7-11-26(16-22(21)24-2)19-8-12-27-13-9-19/h17-24H,3-16H2,1-2H3. The van der Waals surface area contributed by atoms with Gasteiger partial charge in [-0.15, -0.1) is 0 Å². The molecular weight excluding hydrogens is 336 g/mol. The molecule has 5 nitrogen and oxygen atoms in total. The highest BCUT2D eigenvalue weighted by atomic mass is 16.5. The van der Waals surface area contributed by atoms with Crippen molar-refractivity contribution in [2.75, 3.05) is 53.5 Å². The van der Waals surface area contributed by atoms with Crippen molar-refractivity contribution in [1.29, 1.82) is 0 Å². The molecule has 4 rings (SSSR count). The molecule has 4 fully saturated rings. The molecule has 0 aromatic carbocycles. The van der Waals surface area contributed by atoms with Gasteiger partial charge in [0.2, 0.25) is 0 Å². The van der Waals surface area contributed by atoms with Crippen LogP contribution in [0.4, 0.5) is 0 Å². The van der Waals surface area contributed by atoms with E-state index in [-0.39, 0.29) is 0 Å². The number of rotatable bonds is 5. The van der Waals surface area contributed by atoms with E-state index in [1.54, 1.807) is 0 Å². The minimum absolute atomic E-state index is 0.678. The van der Waals surface area contributed by atoms with E-state index in [4.69, 9.17) is 4.74 Å². The van der Waals surface area contributed by atoms with Gasteiger partial charge >= 0.3 is 0 Å². The van der Waals surface area contributed by atoms with E-state index in [2.05, 4.69) is 34.5 Å². The van der Waals surface area contributed by atoms with Crippen LogP contribution in [0.5, 0.6) is 0 Å². The highest BCUT2D eigenvalue weighted by Gasteiger charge is 2.41. The van der Waals surface area contributed by atoms with Crippen LogP contribution in [0.15, 0.2) is 0 Å². The maximum Gasteiger partial charge on any atom is 0.0480 e. The first-order chi connectivity index (χ1) is 13.3. The zero-order chi connectivity index (χ0) is 18.6. The van der Waals surface area contributed by atoms with E-state index in [9.17, 15) is 0 Å². The van der Waals surface area contributed by atoms with Gasteiger partial charge in [0.05, 0.1) is 0 Å². The van der Waals surface area contributed by atoms with Crippen LogP contribution in [-0.2, 0) is 4.74 Å². The third-order valence-electron chi connectivity index (χ3n) is 8.20. The summed E-state index contributed by atoms with van der Waals surface area (Å²) < 4.78 is 5.58. The van der Waals surface area contributed by atoms with E-state index in [1.165, 1.54) is 77.5 Å². The number of hydrogen-bond donors (Lipinski definition) is 2. The van der Waals surface area contributed by atoms with Gasteiger partial charge in [-0.3, -0.25) is 9.80 Å². The largest absolute Gasteiger partial charge is 0.381 e. The first-order valence-corrected chi connectivity index (χ1v) is 11.7. The molecule has 0 radical (unpaired) electrons. The number of likely N-dealkylation sites (tertiary alicyclic amines) is 2. The van der Waals surface area contributed by atoms with Gasteiger partial charge < -0.3 is 15.4 Å². The quantitative estimate of drug-likeness (QED) is 0.765. The average molecular weight is 379 g/mol. The highest BCUT2D eigenvalue weighted by molar-refractivity contribution is 4.96. The van der Waals surface area contributed by atoms with Crippen molar-refractivity contribution in [3.63, 3.8) is 0 Å². The molecular formula is C22H42N4O. The Morgan fingerprint density at radius 3 is 2.37 bits per heavy atom. The molecule has 5 unspecified atom stereocenters. The normalized spacial score (nSPS) is 40.4. The van der Waals surface area contributed by atoms with Crippen LogP contribution >= 0.6 is 0 Å². The number of nitrogens with zero attached hydrogens (tertiary/aromatic N) is 2. The van der Waals surface area contributed by atoms with Gasteiger partial charge in [-0.05, 0) is 90.4 Å². The predicted molar refractivity (Wildman–Crippen MR) is 111 cm³/mol.